The van der Waals surface area contributed by atoms with Gasteiger partial charge in [0.1, 0.15) is 0 Å². The third kappa shape index (κ3) is 3.14. The molecular weight excluding hydrogens is 236 g/mol. The van der Waals surface area contributed by atoms with Crippen molar-refractivity contribution in [3.05, 3.63) is 0 Å². The minimum absolute atomic E-state index is 0.268. The van der Waals surface area contributed by atoms with Gasteiger partial charge in [-0.25, -0.2) is 0 Å². The van der Waals surface area contributed by atoms with Crippen LogP contribution in [0.4, 0.5) is 0 Å². The lowest BCUT2D eigenvalue weighted by Crippen LogP contribution is -2.50. The second kappa shape index (κ2) is 6.11. The largest absolute Gasteiger partial charge is 0.375 e. The zero-order valence-corrected chi connectivity index (χ0v) is 12.3. The fourth-order valence-corrected chi connectivity index (χ4v) is 4.58. The van der Waals surface area contributed by atoms with Crippen LogP contribution in [0.2, 0.25) is 0 Å². The quantitative estimate of drug-likeness (QED) is 0.853. The molecule has 0 radical (unpaired) electrons. The Morgan fingerprint density at radius 3 is 2.79 bits per heavy atom. The maximum absolute atomic E-state index is 6.18. The van der Waals surface area contributed by atoms with Gasteiger partial charge in [0, 0.05) is 19.2 Å². The van der Waals surface area contributed by atoms with Crippen LogP contribution in [0.5, 0.6) is 0 Å². The topological polar surface area (TPSA) is 38.5 Å². The number of ether oxygens (including phenoxy) is 1. The van der Waals surface area contributed by atoms with E-state index in [1.807, 2.05) is 0 Å². The first kappa shape index (κ1) is 13.8. The van der Waals surface area contributed by atoms with Gasteiger partial charge in [-0.05, 0) is 64.0 Å². The normalized spacial score (nSPS) is 35.8. The predicted octanol–water partition coefficient (Wildman–Crippen LogP) is 2.54. The molecule has 0 aromatic heterocycles. The second-order valence-electron chi connectivity index (χ2n) is 6.97. The molecule has 3 heteroatoms. The zero-order valence-electron chi connectivity index (χ0n) is 12.3. The second-order valence-corrected chi connectivity index (χ2v) is 6.97. The molecule has 1 aliphatic carbocycles. The Labute approximate surface area is 117 Å². The summed E-state index contributed by atoms with van der Waals surface area (Å²) in [6.45, 7) is 4.44. The maximum Gasteiger partial charge on any atom is 0.0697 e. The number of rotatable bonds is 3. The van der Waals surface area contributed by atoms with Gasteiger partial charge in [-0.1, -0.05) is 12.8 Å². The van der Waals surface area contributed by atoms with Crippen LogP contribution in [0.1, 0.15) is 57.8 Å². The van der Waals surface area contributed by atoms with Crippen LogP contribution >= 0.6 is 0 Å². The molecule has 3 nitrogen and oxygen atoms in total. The summed E-state index contributed by atoms with van der Waals surface area (Å²) < 4.78 is 6.18. The smallest absolute Gasteiger partial charge is 0.0697 e. The summed E-state index contributed by atoms with van der Waals surface area (Å²) in [5, 5.41) is 0. The summed E-state index contributed by atoms with van der Waals surface area (Å²) >= 11 is 0. The molecule has 1 spiro atoms. The standard InChI is InChI=1S/C16H30N2O/c17-9-5-14-4-3-10-18(13-14)15-6-11-19-16(12-15)7-1-2-8-16/h14-15H,1-13,17H2. The van der Waals surface area contributed by atoms with E-state index >= 15 is 0 Å². The molecule has 3 aliphatic rings. The lowest BCUT2D eigenvalue weighted by Gasteiger charge is -2.45. The Hall–Kier alpha value is -0.120. The summed E-state index contributed by atoms with van der Waals surface area (Å²) in [7, 11) is 0. The first-order chi connectivity index (χ1) is 9.31. The molecule has 2 saturated heterocycles. The van der Waals surface area contributed by atoms with Gasteiger partial charge in [0.2, 0.25) is 0 Å². The molecule has 19 heavy (non-hydrogen) atoms. The van der Waals surface area contributed by atoms with E-state index in [9.17, 15) is 0 Å². The van der Waals surface area contributed by atoms with Crippen LogP contribution in [0.3, 0.4) is 0 Å². The Bertz CT molecular complexity index is 286. The molecule has 0 amide bonds. The fourth-order valence-electron chi connectivity index (χ4n) is 4.58. The number of hydrogen-bond donors (Lipinski definition) is 1. The summed E-state index contributed by atoms with van der Waals surface area (Å²) in [6, 6.07) is 0.785. The van der Waals surface area contributed by atoms with Crippen molar-refractivity contribution in [3.8, 4) is 0 Å². The van der Waals surface area contributed by atoms with Gasteiger partial charge in [-0.15, -0.1) is 0 Å². The van der Waals surface area contributed by atoms with E-state index in [1.54, 1.807) is 0 Å². The van der Waals surface area contributed by atoms with Crippen LogP contribution < -0.4 is 5.73 Å². The SMILES string of the molecule is NCCC1CCCN(C2CCOC3(CCCC3)C2)C1. The summed E-state index contributed by atoms with van der Waals surface area (Å²) in [5.41, 5.74) is 6.01. The van der Waals surface area contributed by atoms with Gasteiger partial charge in [0.25, 0.3) is 0 Å². The van der Waals surface area contributed by atoms with Gasteiger partial charge >= 0.3 is 0 Å². The van der Waals surface area contributed by atoms with Crippen molar-refractivity contribution in [2.75, 3.05) is 26.2 Å². The van der Waals surface area contributed by atoms with Crippen molar-refractivity contribution < 1.29 is 4.74 Å². The maximum atomic E-state index is 6.18. The van der Waals surface area contributed by atoms with E-state index in [0.29, 0.717) is 0 Å². The van der Waals surface area contributed by atoms with E-state index in [-0.39, 0.29) is 5.60 Å². The molecule has 1 saturated carbocycles. The van der Waals surface area contributed by atoms with Crippen LogP contribution in [-0.4, -0.2) is 42.8 Å². The first-order valence-corrected chi connectivity index (χ1v) is 8.39. The minimum Gasteiger partial charge on any atom is -0.375 e. The Balaban J connectivity index is 1.58. The molecule has 2 heterocycles. The molecule has 2 aliphatic heterocycles. The molecule has 3 rings (SSSR count). The highest BCUT2D eigenvalue weighted by Gasteiger charge is 2.41. The summed E-state index contributed by atoms with van der Waals surface area (Å²) in [5.74, 6) is 0.848. The number of hydrogen-bond acceptors (Lipinski definition) is 3. The van der Waals surface area contributed by atoms with Crippen LogP contribution in [0.15, 0.2) is 0 Å². The average molecular weight is 266 g/mol. The molecule has 2 N–H and O–H groups in total. The predicted molar refractivity (Wildman–Crippen MR) is 78.1 cm³/mol. The van der Waals surface area contributed by atoms with E-state index in [4.69, 9.17) is 10.5 Å². The third-order valence-electron chi connectivity index (χ3n) is 5.62. The molecule has 0 aromatic carbocycles. The van der Waals surface area contributed by atoms with Gasteiger partial charge in [0.15, 0.2) is 0 Å². The summed E-state index contributed by atoms with van der Waals surface area (Å²) in [4.78, 5) is 2.77. The highest BCUT2D eigenvalue weighted by Crippen LogP contribution is 2.41. The molecule has 2 atom stereocenters. The van der Waals surface area contributed by atoms with Crippen molar-refractivity contribution in [2.24, 2.45) is 11.7 Å². The third-order valence-corrected chi connectivity index (χ3v) is 5.62. The summed E-state index contributed by atoms with van der Waals surface area (Å²) in [6.07, 6.45) is 11.9. The van der Waals surface area contributed by atoms with Crippen molar-refractivity contribution in [2.45, 2.75) is 69.4 Å². The number of piperidine rings is 1. The van der Waals surface area contributed by atoms with E-state index in [2.05, 4.69) is 4.90 Å². The van der Waals surface area contributed by atoms with Gasteiger partial charge in [-0.2, -0.15) is 0 Å². The number of nitrogens with zero attached hydrogens (tertiary/aromatic N) is 1. The zero-order chi connectivity index (χ0) is 13.1. The average Bonchev–Trinajstić information content (AvgIpc) is 2.87. The molecule has 2 unspecified atom stereocenters. The molecule has 3 fully saturated rings. The lowest BCUT2D eigenvalue weighted by molar-refractivity contribution is -0.106. The van der Waals surface area contributed by atoms with Crippen molar-refractivity contribution in [1.29, 1.82) is 0 Å². The Morgan fingerprint density at radius 1 is 1.16 bits per heavy atom. The van der Waals surface area contributed by atoms with E-state index < -0.39 is 0 Å². The van der Waals surface area contributed by atoms with Crippen LogP contribution in [0, 0.1) is 5.92 Å². The van der Waals surface area contributed by atoms with Crippen molar-refractivity contribution in [1.82, 2.24) is 4.90 Å². The van der Waals surface area contributed by atoms with Crippen molar-refractivity contribution in [3.63, 3.8) is 0 Å². The van der Waals surface area contributed by atoms with Crippen LogP contribution in [0.25, 0.3) is 0 Å². The molecule has 0 bridgehead atoms. The number of likely N-dealkylation sites (tertiary alicyclic amines) is 1. The first-order valence-electron chi connectivity index (χ1n) is 8.39. The van der Waals surface area contributed by atoms with Gasteiger partial charge in [-0.3, -0.25) is 4.90 Å². The molecular formula is C16H30N2O. The van der Waals surface area contributed by atoms with E-state index in [0.717, 1.165) is 25.1 Å². The van der Waals surface area contributed by atoms with Gasteiger partial charge < -0.3 is 10.5 Å². The fraction of sp³-hybridized carbons (Fsp3) is 1.00. The van der Waals surface area contributed by atoms with Crippen LogP contribution in [-0.2, 0) is 4.74 Å². The number of nitrogens with two attached hydrogens (primary N) is 1. The molecule has 110 valence electrons. The molecule has 0 aromatic rings. The highest BCUT2D eigenvalue weighted by atomic mass is 16.5. The minimum atomic E-state index is 0.268. The van der Waals surface area contributed by atoms with E-state index in [1.165, 1.54) is 70.9 Å². The Morgan fingerprint density at radius 2 is 2.00 bits per heavy atom. The highest BCUT2D eigenvalue weighted by molar-refractivity contribution is 4.95. The van der Waals surface area contributed by atoms with Crippen molar-refractivity contribution >= 4 is 0 Å². The monoisotopic (exact) mass is 266 g/mol. The Kier molecular flexibility index (Phi) is 4.45. The van der Waals surface area contributed by atoms with Gasteiger partial charge in [0.05, 0.1) is 5.60 Å². The lowest BCUT2D eigenvalue weighted by atomic mass is 9.86.